The molecule has 2 aromatic rings. The molecule has 0 saturated carbocycles. The highest BCUT2D eigenvalue weighted by molar-refractivity contribution is 5.97. The van der Waals surface area contributed by atoms with E-state index in [9.17, 15) is 14.9 Å². The van der Waals surface area contributed by atoms with E-state index in [0.29, 0.717) is 11.1 Å². The van der Waals surface area contributed by atoms with E-state index < -0.39 is 4.92 Å². The Hall–Kier alpha value is -2.50. The summed E-state index contributed by atoms with van der Waals surface area (Å²) in [4.78, 5) is 22.4. The summed E-state index contributed by atoms with van der Waals surface area (Å²) < 4.78 is 1.32. The van der Waals surface area contributed by atoms with Crippen LogP contribution < -0.4 is 0 Å². The largest absolute Gasteiger partial charge is 0.392 e. The average Bonchev–Trinajstić information content (AvgIpc) is 2.73. The standard InChI is InChI=1S/C14H15N3O3/c1-9-4-5-10(2)12(6-9)13(18)8-16-7-11(3)14(15-16)17(19)20/h4-7H,8H2,1-3H3. The molecule has 104 valence electrons. The minimum Gasteiger partial charge on any atom is -0.358 e. The molecule has 0 bridgehead atoms. The van der Waals surface area contributed by atoms with Crippen LogP contribution in [0.4, 0.5) is 5.82 Å². The van der Waals surface area contributed by atoms with Crippen molar-refractivity contribution >= 4 is 11.6 Å². The fourth-order valence-corrected chi connectivity index (χ4v) is 2.04. The topological polar surface area (TPSA) is 78.0 Å². The van der Waals surface area contributed by atoms with Gasteiger partial charge in [0.15, 0.2) is 5.78 Å². The minimum absolute atomic E-state index is 0.00102. The van der Waals surface area contributed by atoms with Crippen LogP contribution in [0.2, 0.25) is 0 Å². The van der Waals surface area contributed by atoms with Gasteiger partial charge in [-0.3, -0.25) is 4.79 Å². The number of aryl methyl sites for hydroxylation is 3. The molecule has 6 heteroatoms. The smallest absolute Gasteiger partial charge is 0.358 e. The van der Waals surface area contributed by atoms with Crippen LogP contribution in [-0.4, -0.2) is 20.5 Å². The van der Waals surface area contributed by atoms with E-state index in [0.717, 1.165) is 11.1 Å². The monoisotopic (exact) mass is 273 g/mol. The Kier molecular flexibility index (Phi) is 3.65. The van der Waals surface area contributed by atoms with Crippen LogP contribution in [-0.2, 0) is 6.54 Å². The van der Waals surface area contributed by atoms with Gasteiger partial charge in [0.2, 0.25) is 0 Å². The molecule has 0 atom stereocenters. The first-order valence-electron chi connectivity index (χ1n) is 6.17. The van der Waals surface area contributed by atoms with Gasteiger partial charge < -0.3 is 10.1 Å². The van der Waals surface area contributed by atoms with Crippen molar-refractivity contribution in [1.29, 1.82) is 0 Å². The molecule has 0 spiro atoms. The van der Waals surface area contributed by atoms with Gasteiger partial charge in [0.1, 0.15) is 6.54 Å². The van der Waals surface area contributed by atoms with Crippen LogP contribution in [0.1, 0.15) is 27.0 Å². The van der Waals surface area contributed by atoms with Crippen LogP contribution in [0, 0.1) is 30.9 Å². The van der Waals surface area contributed by atoms with Crippen molar-refractivity contribution in [2.75, 3.05) is 0 Å². The zero-order valence-electron chi connectivity index (χ0n) is 11.6. The molecule has 0 fully saturated rings. The first-order chi connectivity index (χ1) is 9.38. The lowest BCUT2D eigenvalue weighted by Gasteiger charge is -2.05. The lowest BCUT2D eigenvalue weighted by molar-refractivity contribution is -0.390. The Labute approximate surface area is 116 Å². The number of ketones is 1. The minimum atomic E-state index is -0.547. The molecule has 20 heavy (non-hydrogen) atoms. The Morgan fingerprint density at radius 2 is 2.00 bits per heavy atom. The zero-order valence-corrected chi connectivity index (χ0v) is 11.6. The van der Waals surface area contributed by atoms with Crippen molar-refractivity contribution in [3.8, 4) is 0 Å². The summed E-state index contributed by atoms with van der Waals surface area (Å²) in [6.07, 6.45) is 1.52. The third-order valence-corrected chi connectivity index (χ3v) is 3.09. The third kappa shape index (κ3) is 2.74. The van der Waals surface area contributed by atoms with Crippen LogP contribution in [0.25, 0.3) is 0 Å². The summed E-state index contributed by atoms with van der Waals surface area (Å²) in [6.45, 7) is 5.38. The van der Waals surface area contributed by atoms with Crippen molar-refractivity contribution in [1.82, 2.24) is 9.78 Å². The van der Waals surface area contributed by atoms with Gasteiger partial charge >= 0.3 is 5.82 Å². The number of hydrogen-bond donors (Lipinski definition) is 0. The Morgan fingerprint density at radius 3 is 2.60 bits per heavy atom. The Balaban J connectivity index is 2.26. The maximum Gasteiger partial charge on any atom is 0.392 e. The summed E-state index contributed by atoms with van der Waals surface area (Å²) in [7, 11) is 0. The van der Waals surface area contributed by atoms with Gasteiger partial charge in [-0.25, -0.2) is 0 Å². The van der Waals surface area contributed by atoms with Gasteiger partial charge in [-0.2, -0.15) is 4.68 Å². The van der Waals surface area contributed by atoms with Gasteiger partial charge in [-0.05, 0) is 37.3 Å². The average molecular weight is 273 g/mol. The molecule has 6 nitrogen and oxygen atoms in total. The number of carbonyl (C=O) groups is 1. The van der Waals surface area contributed by atoms with Crippen LogP contribution in [0.15, 0.2) is 24.4 Å². The van der Waals surface area contributed by atoms with Gasteiger partial charge in [0.25, 0.3) is 0 Å². The van der Waals surface area contributed by atoms with E-state index in [1.54, 1.807) is 6.92 Å². The predicted octanol–water partition coefficient (Wildman–Crippen LogP) is 2.60. The molecular weight excluding hydrogens is 258 g/mol. The summed E-state index contributed by atoms with van der Waals surface area (Å²) in [5.41, 5.74) is 2.96. The molecular formula is C14H15N3O3. The summed E-state index contributed by atoms with van der Waals surface area (Å²) >= 11 is 0. The molecule has 0 unspecified atom stereocenters. The Bertz CT molecular complexity index is 689. The molecule has 1 aromatic carbocycles. The fraction of sp³-hybridized carbons (Fsp3) is 0.286. The molecule has 0 saturated heterocycles. The fourth-order valence-electron chi connectivity index (χ4n) is 2.04. The first kappa shape index (κ1) is 13.9. The van der Waals surface area contributed by atoms with Crippen molar-refractivity contribution in [3.63, 3.8) is 0 Å². The van der Waals surface area contributed by atoms with Crippen molar-refractivity contribution in [2.45, 2.75) is 27.3 Å². The van der Waals surface area contributed by atoms with Gasteiger partial charge in [0, 0.05) is 5.56 Å². The van der Waals surface area contributed by atoms with E-state index in [4.69, 9.17) is 0 Å². The molecule has 1 aromatic heterocycles. The summed E-state index contributed by atoms with van der Waals surface area (Å²) in [5, 5.41) is 14.6. The van der Waals surface area contributed by atoms with Gasteiger partial charge in [0.05, 0.1) is 16.9 Å². The molecule has 0 amide bonds. The third-order valence-electron chi connectivity index (χ3n) is 3.09. The number of benzene rings is 1. The highest BCUT2D eigenvalue weighted by Crippen LogP contribution is 2.16. The molecule has 1 heterocycles. The predicted molar refractivity (Wildman–Crippen MR) is 73.9 cm³/mol. The number of hydrogen-bond acceptors (Lipinski definition) is 4. The SMILES string of the molecule is Cc1ccc(C)c(C(=O)Cn2cc(C)c([N+](=O)[O-])n2)c1. The normalized spacial score (nSPS) is 10.6. The van der Waals surface area contributed by atoms with E-state index >= 15 is 0 Å². The molecule has 0 aliphatic carbocycles. The summed E-state index contributed by atoms with van der Waals surface area (Å²) in [5.74, 6) is -0.317. The first-order valence-corrected chi connectivity index (χ1v) is 6.17. The second-order valence-electron chi connectivity index (χ2n) is 4.83. The quantitative estimate of drug-likeness (QED) is 0.487. The molecule has 0 aliphatic rings. The van der Waals surface area contributed by atoms with Crippen molar-refractivity contribution < 1.29 is 9.72 Å². The number of nitro groups is 1. The Morgan fingerprint density at radius 1 is 1.30 bits per heavy atom. The second kappa shape index (κ2) is 5.24. The number of rotatable bonds is 4. The van der Waals surface area contributed by atoms with Crippen LogP contribution in [0.5, 0.6) is 0 Å². The van der Waals surface area contributed by atoms with Crippen LogP contribution >= 0.6 is 0 Å². The zero-order chi connectivity index (χ0) is 14.9. The number of nitrogens with zero attached hydrogens (tertiary/aromatic N) is 3. The van der Waals surface area contributed by atoms with E-state index in [2.05, 4.69) is 5.10 Å². The van der Waals surface area contributed by atoms with Gasteiger partial charge in [-0.1, -0.05) is 17.7 Å². The van der Waals surface area contributed by atoms with Gasteiger partial charge in [-0.15, -0.1) is 0 Å². The van der Waals surface area contributed by atoms with Crippen LogP contribution in [0.3, 0.4) is 0 Å². The lowest BCUT2D eigenvalue weighted by Crippen LogP contribution is -2.12. The maximum atomic E-state index is 12.2. The van der Waals surface area contributed by atoms with Crippen molar-refractivity contribution in [3.05, 3.63) is 56.8 Å². The highest BCUT2D eigenvalue weighted by Gasteiger charge is 2.19. The molecule has 0 aliphatic heterocycles. The maximum absolute atomic E-state index is 12.2. The van der Waals surface area contributed by atoms with E-state index in [1.165, 1.54) is 10.9 Å². The highest BCUT2D eigenvalue weighted by atomic mass is 16.6. The number of aromatic nitrogens is 2. The molecule has 0 radical (unpaired) electrons. The lowest BCUT2D eigenvalue weighted by atomic mass is 10.0. The van der Waals surface area contributed by atoms with E-state index in [1.807, 2.05) is 32.0 Å². The van der Waals surface area contributed by atoms with E-state index in [-0.39, 0.29) is 18.1 Å². The molecule has 2 rings (SSSR count). The number of carbonyl (C=O) groups excluding carboxylic acids is 1. The van der Waals surface area contributed by atoms with Crippen molar-refractivity contribution in [2.24, 2.45) is 0 Å². The number of Topliss-reactive ketones (excluding diaryl/α,β-unsaturated/α-hetero) is 1. The molecule has 0 N–H and O–H groups in total. The summed E-state index contributed by atoms with van der Waals surface area (Å²) in [6, 6.07) is 5.65. The second-order valence-corrected chi connectivity index (χ2v) is 4.83.